The minimum absolute atomic E-state index is 0.227. The van der Waals surface area contributed by atoms with Gasteiger partial charge in [-0.25, -0.2) is 4.39 Å². The van der Waals surface area contributed by atoms with Crippen molar-refractivity contribution in [2.75, 3.05) is 18.6 Å². The number of anilines is 1. The lowest BCUT2D eigenvalue weighted by molar-refractivity contribution is -0.113. The van der Waals surface area contributed by atoms with Crippen molar-refractivity contribution in [3.05, 3.63) is 87.0 Å². The molecule has 3 aromatic carbocycles. The van der Waals surface area contributed by atoms with Gasteiger partial charge in [0.1, 0.15) is 18.2 Å². The van der Waals surface area contributed by atoms with Gasteiger partial charge in [-0.15, -0.1) is 0 Å². The second-order valence-corrected chi connectivity index (χ2v) is 9.90. The van der Waals surface area contributed by atoms with Crippen LogP contribution in [0.1, 0.15) is 18.1 Å². The molecule has 1 amide bonds. The molecule has 0 unspecified atom stereocenters. The summed E-state index contributed by atoms with van der Waals surface area (Å²) in [5.74, 6) is 1.08. The van der Waals surface area contributed by atoms with Crippen LogP contribution in [0.2, 0.25) is 0 Å². The number of amides is 1. The van der Waals surface area contributed by atoms with Crippen LogP contribution >= 0.6 is 39.9 Å². The molecular weight excluding hydrogens is 553 g/mol. The largest absolute Gasteiger partial charge is 0.495 e. The zero-order valence-electron chi connectivity index (χ0n) is 18.9. The number of thiocarbonyl (C=S) groups is 1. The van der Waals surface area contributed by atoms with E-state index in [1.807, 2.05) is 31.2 Å². The highest BCUT2D eigenvalue weighted by molar-refractivity contribution is 9.10. The van der Waals surface area contributed by atoms with Crippen LogP contribution in [0.3, 0.4) is 0 Å². The number of ether oxygens (including phenoxy) is 3. The highest BCUT2D eigenvalue weighted by Gasteiger charge is 2.35. The molecule has 0 spiro atoms. The number of thioether (sulfide) groups is 1. The fourth-order valence-corrected chi connectivity index (χ4v) is 5.31. The summed E-state index contributed by atoms with van der Waals surface area (Å²) in [7, 11) is 1.55. The Morgan fingerprint density at radius 3 is 2.54 bits per heavy atom. The minimum Gasteiger partial charge on any atom is -0.495 e. The summed E-state index contributed by atoms with van der Waals surface area (Å²) in [5, 5.41) is 0. The second kappa shape index (κ2) is 11.2. The third kappa shape index (κ3) is 5.69. The quantitative estimate of drug-likeness (QED) is 0.214. The van der Waals surface area contributed by atoms with E-state index >= 15 is 0 Å². The number of nitrogens with zero attached hydrogens (tertiary/aromatic N) is 1. The van der Waals surface area contributed by atoms with Gasteiger partial charge in [0.25, 0.3) is 5.91 Å². The topological polar surface area (TPSA) is 48.0 Å². The van der Waals surface area contributed by atoms with E-state index in [1.165, 1.54) is 28.8 Å². The van der Waals surface area contributed by atoms with Gasteiger partial charge in [-0.05, 0) is 76.5 Å². The number of carbonyl (C=O) groups excluding carboxylic acids is 1. The van der Waals surface area contributed by atoms with Gasteiger partial charge < -0.3 is 14.2 Å². The second-order valence-electron chi connectivity index (χ2n) is 7.37. The van der Waals surface area contributed by atoms with Crippen molar-refractivity contribution < 1.29 is 23.4 Å². The molecule has 1 aliphatic heterocycles. The number of hydrogen-bond donors (Lipinski definition) is 0. The van der Waals surface area contributed by atoms with E-state index in [0.717, 1.165) is 11.1 Å². The molecule has 4 rings (SSSR count). The number of halogens is 2. The van der Waals surface area contributed by atoms with Crippen molar-refractivity contribution in [2.45, 2.75) is 13.5 Å². The van der Waals surface area contributed by atoms with Crippen LogP contribution in [-0.4, -0.2) is 23.9 Å². The number of rotatable bonds is 8. The molecule has 0 N–H and O–H groups in total. The molecule has 1 heterocycles. The fraction of sp³-hybridized carbons (Fsp3) is 0.154. The summed E-state index contributed by atoms with van der Waals surface area (Å²) in [6.45, 7) is 2.55. The Morgan fingerprint density at radius 2 is 1.83 bits per heavy atom. The van der Waals surface area contributed by atoms with E-state index in [-0.39, 0.29) is 18.3 Å². The molecule has 180 valence electrons. The molecule has 0 bridgehead atoms. The van der Waals surface area contributed by atoms with E-state index < -0.39 is 0 Å². The molecular formula is C26H21BrFNO4S2. The molecule has 1 aliphatic rings. The van der Waals surface area contributed by atoms with Crippen molar-refractivity contribution in [3.63, 3.8) is 0 Å². The van der Waals surface area contributed by atoms with Crippen LogP contribution in [0.5, 0.6) is 17.2 Å². The zero-order valence-corrected chi connectivity index (χ0v) is 22.1. The van der Waals surface area contributed by atoms with Gasteiger partial charge in [-0.3, -0.25) is 9.69 Å². The maximum absolute atomic E-state index is 13.2. The highest BCUT2D eigenvalue weighted by Crippen LogP contribution is 2.42. The molecule has 0 aliphatic carbocycles. The molecule has 0 saturated carbocycles. The number of methoxy groups -OCH3 is 1. The Labute approximate surface area is 221 Å². The Bertz CT molecular complexity index is 1300. The summed E-state index contributed by atoms with van der Waals surface area (Å²) in [5.41, 5.74) is 2.17. The van der Waals surface area contributed by atoms with E-state index in [1.54, 1.807) is 37.5 Å². The van der Waals surface area contributed by atoms with E-state index in [4.69, 9.17) is 26.4 Å². The van der Waals surface area contributed by atoms with Gasteiger partial charge in [0.2, 0.25) is 0 Å². The molecule has 3 aromatic rings. The predicted octanol–water partition coefficient (Wildman–Crippen LogP) is 6.98. The lowest BCUT2D eigenvalue weighted by Gasteiger charge is -2.17. The van der Waals surface area contributed by atoms with Crippen LogP contribution < -0.4 is 19.1 Å². The molecule has 5 nitrogen and oxygen atoms in total. The highest BCUT2D eigenvalue weighted by atomic mass is 79.9. The van der Waals surface area contributed by atoms with Crippen LogP contribution in [0, 0.1) is 5.82 Å². The zero-order chi connectivity index (χ0) is 24.9. The van der Waals surface area contributed by atoms with E-state index in [2.05, 4.69) is 15.9 Å². The van der Waals surface area contributed by atoms with Crippen molar-refractivity contribution in [2.24, 2.45) is 0 Å². The van der Waals surface area contributed by atoms with Gasteiger partial charge in [0, 0.05) is 0 Å². The van der Waals surface area contributed by atoms with E-state index in [0.29, 0.717) is 43.2 Å². The van der Waals surface area contributed by atoms with E-state index in [9.17, 15) is 9.18 Å². The van der Waals surface area contributed by atoms with Crippen molar-refractivity contribution >= 4 is 61.9 Å². The van der Waals surface area contributed by atoms with Crippen LogP contribution in [0.15, 0.2) is 70.0 Å². The van der Waals surface area contributed by atoms with Gasteiger partial charge in [-0.1, -0.05) is 48.2 Å². The maximum Gasteiger partial charge on any atom is 0.270 e. The van der Waals surface area contributed by atoms with Crippen LogP contribution in [0.25, 0.3) is 6.08 Å². The average molecular weight is 574 g/mol. The number of para-hydroxylation sites is 2. The third-order valence-corrected chi connectivity index (χ3v) is 6.94. The van der Waals surface area contributed by atoms with Gasteiger partial charge in [-0.2, -0.15) is 0 Å². The summed E-state index contributed by atoms with van der Waals surface area (Å²) in [6, 6.07) is 17.0. The Hall–Kier alpha value is -2.88. The molecule has 0 radical (unpaired) electrons. The lowest BCUT2D eigenvalue weighted by atomic mass is 10.1. The van der Waals surface area contributed by atoms with Gasteiger partial charge in [0.15, 0.2) is 15.8 Å². The Morgan fingerprint density at radius 1 is 1.09 bits per heavy atom. The van der Waals surface area contributed by atoms with Crippen LogP contribution in [-0.2, 0) is 11.4 Å². The first kappa shape index (κ1) is 25.2. The summed E-state index contributed by atoms with van der Waals surface area (Å²) >= 11 is 10.3. The fourth-order valence-electron chi connectivity index (χ4n) is 3.45. The molecule has 1 saturated heterocycles. The molecule has 0 aromatic heterocycles. The molecule has 9 heteroatoms. The maximum atomic E-state index is 13.2. The average Bonchev–Trinajstić information content (AvgIpc) is 3.12. The van der Waals surface area contributed by atoms with Gasteiger partial charge >= 0.3 is 0 Å². The summed E-state index contributed by atoms with van der Waals surface area (Å²) < 4.78 is 31.5. The standard InChI is InChI=1S/C26H21BrFNO4S2/c1-3-32-22-13-17(12-19(27)24(22)33-15-16-8-10-18(28)11-9-16)14-23-25(30)29(26(34)35-23)20-6-4-5-7-21(20)31-2/h4-14H,3,15H2,1-2H3. The SMILES string of the molecule is CCOc1cc(C=C2SC(=S)N(c3ccccc3OC)C2=O)cc(Br)c1OCc1ccc(F)cc1. The minimum atomic E-state index is -0.301. The first-order chi connectivity index (χ1) is 16.9. The van der Waals surface area contributed by atoms with Gasteiger partial charge in [0.05, 0.1) is 28.8 Å². The molecule has 35 heavy (non-hydrogen) atoms. The van der Waals surface area contributed by atoms with Crippen LogP contribution in [0.4, 0.5) is 10.1 Å². The summed E-state index contributed by atoms with van der Waals surface area (Å²) in [4.78, 5) is 15.2. The normalized spacial score (nSPS) is 14.5. The first-order valence-corrected chi connectivity index (χ1v) is 12.7. The monoisotopic (exact) mass is 573 g/mol. The number of carbonyl (C=O) groups is 1. The molecule has 0 atom stereocenters. The predicted molar refractivity (Wildman–Crippen MR) is 145 cm³/mol. The number of benzene rings is 3. The molecule has 1 fully saturated rings. The Kier molecular flexibility index (Phi) is 8.10. The van der Waals surface area contributed by atoms with Crippen molar-refractivity contribution in [1.29, 1.82) is 0 Å². The smallest absolute Gasteiger partial charge is 0.270 e. The lowest BCUT2D eigenvalue weighted by Crippen LogP contribution is -2.27. The van der Waals surface area contributed by atoms with Crippen molar-refractivity contribution in [3.8, 4) is 17.2 Å². The van der Waals surface area contributed by atoms with Crippen molar-refractivity contribution in [1.82, 2.24) is 0 Å². The number of hydrogen-bond acceptors (Lipinski definition) is 6. The Balaban J connectivity index is 1.61. The third-order valence-electron chi connectivity index (χ3n) is 5.05. The first-order valence-electron chi connectivity index (χ1n) is 10.7. The summed E-state index contributed by atoms with van der Waals surface area (Å²) in [6.07, 6.45) is 1.77.